The third-order valence-electron chi connectivity index (χ3n) is 3.23. The number of nitrogen functional groups attached to an aromatic ring is 1. The van der Waals surface area contributed by atoms with Gasteiger partial charge >= 0.3 is 0 Å². The highest BCUT2D eigenvalue weighted by molar-refractivity contribution is 5.98. The van der Waals surface area contributed by atoms with Crippen LogP contribution in [-0.4, -0.2) is 49.0 Å². The predicted octanol–water partition coefficient (Wildman–Crippen LogP) is -0.0954. The lowest BCUT2D eigenvalue weighted by Crippen LogP contribution is -2.29. The summed E-state index contributed by atoms with van der Waals surface area (Å²) in [7, 11) is 2.11. The molecule has 0 aliphatic carbocycles. The van der Waals surface area contributed by atoms with Crippen LogP contribution in [0.4, 0.5) is 11.5 Å². The Bertz CT molecular complexity index is 448. The van der Waals surface area contributed by atoms with Crippen molar-refractivity contribution in [3.05, 3.63) is 17.8 Å². The molecule has 0 spiro atoms. The molecule has 4 N–H and O–H groups in total. The summed E-state index contributed by atoms with van der Waals surface area (Å²) in [4.78, 5) is 20.0. The topological polar surface area (TPSA) is 88.5 Å². The zero-order chi connectivity index (χ0) is 13.1. The highest BCUT2D eigenvalue weighted by atomic mass is 16.1. The van der Waals surface area contributed by atoms with Gasteiger partial charge in [0.05, 0.1) is 17.4 Å². The molecule has 1 aliphatic rings. The second kappa shape index (κ2) is 5.22. The van der Waals surface area contributed by atoms with Crippen molar-refractivity contribution in [1.29, 1.82) is 0 Å². The van der Waals surface area contributed by atoms with E-state index < -0.39 is 5.91 Å². The molecule has 1 saturated heterocycles. The summed E-state index contributed by atoms with van der Waals surface area (Å²) in [5, 5.41) is 0. The Kier molecular flexibility index (Phi) is 3.66. The second-order valence-corrected chi connectivity index (χ2v) is 4.64. The van der Waals surface area contributed by atoms with Crippen LogP contribution >= 0.6 is 0 Å². The van der Waals surface area contributed by atoms with Crippen LogP contribution in [0.15, 0.2) is 12.3 Å². The van der Waals surface area contributed by atoms with Gasteiger partial charge in [0.2, 0.25) is 0 Å². The van der Waals surface area contributed by atoms with E-state index >= 15 is 0 Å². The highest BCUT2D eigenvalue weighted by Gasteiger charge is 2.16. The van der Waals surface area contributed by atoms with Gasteiger partial charge in [-0.15, -0.1) is 0 Å². The van der Waals surface area contributed by atoms with Gasteiger partial charge in [0.25, 0.3) is 5.91 Å². The number of carbonyl (C=O) groups is 1. The fraction of sp³-hybridized carbons (Fsp3) is 0.500. The summed E-state index contributed by atoms with van der Waals surface area (Å²) in [5.41, 5.74) is 11.7. The van der Waals surface area contributed by atoms with Gasteiger partial charge in [-0.05, 0) is 26.1 Å². The SMILES string of the molecule is CN1CCCN(c2cc(C(N)=O)c(N)cn2)CC1. The molecule has 1 aliphatic heterocycles. The van der Waals surface area contributed by atoms with E-state index in [-0.39, 0.29) is 0 Å². The van der Waals surface area contributed by atoms with E-state index in [2.05, 4.69) is 21.8 Å². The number of pyridine rings is 1. The summed E-state index contributed by atoms with van der Waals surface area (Å²) in [6.07, 6.45) is 2.58. The van der Waals surface area contributed by atoms with Crippen LogP contribution in [0.1, 0.15) is 16.8 Å². The Morgan fingerprint density at radius 2 is 2.11 bits per heavy atom. The van der Waals surface area contributed by atoms with E-state index in [0.29, 0.717) is 11.3 Å². The highest BCUT2D eigenvalue weighted by Crippen LogP contribution is 2.19. The van der Waals surface area contributed by atoms with Gasteiger partial charge in [-0.3, -0.25) is 4.79 Å². The number of nitrogens with two attached hydrogens (primary N) is 2. The largest absolute Gasteiger partial charge is 0.397 e. The molecule has 2 rings (SSSR count). The minimum atomic E-state index is -0.511. The zero-order valence-corrected chi connectivity index (χ0v) is 10.6. The van der Waals surface area contributed by atoms with Crippen LogP contribution in [0.3, 0.4) is 0 Å². The van der Waals surface area contributed by atoms with Crippen LogP contribution in [0.5, 0.6) is 0 Å². The molecule has 98 valence electrons. The van der Waals surface area contributed by atoms with Crippen molar-refractivity contribution >= 4 is 17.4 Å². The molecule has 6 heteroatoms. The van der Waals surface area contributed by atoms with Crippen molar-refractivity contribution in [2.24, 2.45) is 5.73 Å². The summed E-state index contributed by atoms with van der Waals surface area (Å²) in [5.74, 6) is 0.261. The number of nitrogens with zero attached hydrogens (tertiary/aromatic N) is 3. The van der Waals surface area contributed by atoms with E-state index in [9.17, 15) is 4.79 Å². The first kappa shape index (κ1) is 12.6. The predicted molar refractivity (Wildman–Crippen MR) is 71.5 cm³/mol. The molecule has 1 aromatic heterocycles. The number of anilines is 2. The van der Waals surface area contributed by atoms with Gasteiger partial charge in [0.15, 0.2) is 0 Å². The Hall–Kier alpha value is -1.82. The molecule has 2 heterocycles. The van der Waals surface area contributed by atoms with E-state index in [4.69, 9.17) is 11.5 Å². The molecule has 1 amide bonds. The van der Waals surface area contributed by atoms with Gasteiger partial charge < -0.3 is 21.3 Å². The summed E-state index contributed by atoms with van der Waals surface area (Å²) >= 11 is 0. The molecule has 1 fully saturated rings. The van der Waals surface area contributed by atoms with Crippen molar-refractivity contribution in [2.45, 2.75) is 6.42 Å². The molecule has 0 unspecified atom stereocenters. The molecular formula is C12H19N5O. The van der Waals surface area contributed by atoms with Crippen LogP contribution < -0.4 is 16.4 Å². The van der Waals surface area contributed by atoms with Gasteiger partial charge in [-0.2, -0.15) is 0 Å². The number of amides is 1. The van der Waals surface area contributed by atoms with Crippen LogP contribution in [0.25, 0.3) is 0 Å². The first-order valence-electron chi connectivity index (χ1n) is 6.07. The van der Waals surface area contributed by atoms with Gasteiger partial charge in [-0.1, -0.05) is 0 Å². The Balaban J connectivity index is 2.22. The monoisotopic (exact) mass is 249 g/mol. The smallest absolute Gasteiger partial charge is 0.250 e. The Labute approximate surface area is 107 Å². The maximum absolute atomic E-state index is 11.3. The Morgan fingerprint density at radius 3 is 2.83 bits per heavy atom. The maximum atomic E-state index is 11.3. The third-order valence-corrected chi connectivity index (χ3v) is 3.23. The number of hydrogen-bond donors (Lipinski definition) is 2. The van der Waals surface area contributed by atoms with Crippen LogP contribution in [0, 0.1) is 0 Å². The fourth-order valence-electron chi connectivity index (χ4n) is 2.12. The van der Waals surface area contributed by atoms with Crippen molar-refractivity contribution in [2.75, 3.05) is 43.9 Å². The summed E-state index contributed by atoms with van der Waals surface area (Å²) in [6, 6.07) is 1.68. The quantitative estimate of drug-likeness (QED) is 0.764. The van der Waals surface area contributed by atoms with Crippen molar-refractivity contribution in [3.63, 3.8) is 0 Å². The van der Waals surface area contributed by atoms with E-state index in [0.717, 1.165) is 38.4 Å². The lowest BCUT2D eigenvalue weighted by molar-refractivity contribution is 0.100. The van der Waals surface area contributed by atoms with Gasteiger partial charge in [0.1, 0.15) is 5.82 Å². The zero-order valence-electron chi connectivity index (χ0n) is 10.6. The molecule has 0 atom stereocenters. The molecule has 0 saturated carbocycles. The number of aromatic nitrogens is 1. The normalized spacial score (nSPS) is 17.5. The molecule has 0 radical (unpaired) electrons. The average molecular weight is 249 g/mol. The minimum Gasteiger partial charge on any atom is -0.397 e. The number of likely N-dealkylation sites (N-methyl/N-ethyl adjacent to an activating group) is 1. The molecular weight excluding hydrogens is 230 g/mol. The first-order valence-corrected chi connectivity index (χ1v) is 6.07. The fourth-order valence-corrected chi connectivity index (χ4v) is 2.12. The van der Waals surface area contributed by atoms with Crippen molar-refractivity contribution in [1.82, 2.24) is 9.88 Å². The third kappa shape index (κ3) is 2.70. The number of rotatable bonds is 2. The number of carbonyl (C=O) groups excluding carboxylic acids is 1. The van der Waals surface area contributed by atoms with E-state index in [1.165, 1.54) is 6.20 Å². The minimum absolute atomic E-state index is 0.332. The Morgan fingerprint density at radius 1 is 1.33 bits per heavy atom. The second-order valence-electron chi connectivity index (χ2n) is 4.64. The lowest BCUT2D eigenvalue weighted by Gasteiger charge is -2.22. The van der Waals surface area contributed by atoms with Crippen LogP contribution in [0.2, 0.25) is 0 Å². The van der Waals surface area contributed by atoms with Crippen LogP contribution in [-0.2, 0) is 0 Å². The summed E-state index contributed by atoms with van der Waals surface area (Å²) in [6.45, 7) is 3.89. The molecule has 0 bridgehead atoms. The van der Waals surface area contributed by atoms with Gasteiger partial charge in [0, 0.05) is 19.6 Å². The number of primary amides is 1. The first-order chi connectivity index (χ1) is 8.58. The van der Waals surface area contributed by atoms with Crippen molar-refractivity contribution < 1.29 is 4.79 Å². The van der Waals surface area contributed by atoms with Gasteiger partial charge in [-0.25, -0.2) is 4.98 Å². The standard InChI is InChI=1S/C12H19N5O/c1-16-3-2-4-17(6-5-16)11-7-9(12(14)18)10(13)8-15-11/h7-8H,2-6,13H2,1H3,(H2,14,18). The molecule has 0 aromatic carbocycles. The lowest BCUT2D eigenvalue weighted by atomic mass is 10.2. The number of hydrogen-bond acceptors (Lipinski definition) is 5. The molecule has 6 nitrogen and oxygen atoms in total. The summed E-state index contributed by atoms with van der Waals surface area (Å²) < 4.78 is 0. The van der Waals surface area contributed by atoms with Crippen molar-refractivity contribution in [3.8, 4) is 0 Å². The molecule has 1 aromatic rings. The van der Waals surface area contributed by atoms with E-state index in [1.54, 1.807) is 6.07 Å². The molecule has 18 heavy (non-hydrogen) atoms. The average Bonchev–Trinajstić information content (AvgIpc) is 2.54. The van der Waals surface area contributed by atoms with E-state index in [1.807, 2.05) is 0 Å². The maximum Gasteiger partial charge on any atom is 0.250 e.